The fourth-order valence-electron chi connectivity index (χ4n) is 3.01. The van der Waals surface area contributed by atoms with E-state index in [-0.39, 0.29) is 0 Å². The summed E-state index contributed by atoms with van der Waals surface area (Å²) in [5, 5.41) is 8.61. The summed E-state index contributed by atoms with van der Waals surface area (Å²) in [7, 11) is 0. The highest BCUT2D eigenvalue weighted by atomic mass is 79.9. The van der Waals surface area contributed by atoms with E-state index in [1.54, 1.807) is 6.20 Å². The lowest BCUT2D eigenvalue weighted by molar-refractivity contribution is 0.229. The number of hydrogen-bond acceptors (Lipinski definition) is 5. The first kappa shape index (κ1) is 15.5. The molecule has 0 atom stereocenters. The van der Waals surface area contributed by atoms with Crippen molar-refractivity contribution in [2.75, 3.05) is 0 Å². The topological polar surface area (TPSA) is 82.8 Å². The van der Waals surface area contributed by atoms with Gasteiger partial charge in [0.1, 0.15) is 0 Å². The molecular formula is C17H18BrN5O. The molecule has 0 unspecified atom stereocenters. The van der Waals surface area contributed by atoms with Crippen molar-refractivity contribution in [3.63, 3.8) is 0 Å². The van der Waals surface area contributed by atoms with Crippen molar-refractivity contribution in [3.05, 3.63) is 46.5 Å². The summed E-state index contributed by atoms with van der Waals surface area (Å²) in [6.07, 6.45) is 5.51. The van der Waals surface area contributed by atoms with Gasteiger partial charge in [-0.2, -0.15) is 10.1 Å². The third-order valence-corrected chi connectivity index (χ3v) is 5.15. The smallest absolute Gasteiger partial charge is 0.261 e. The van der Waals surface area contributed by atoms with Crippen LogP contribution in [0, 0.1) is 0 Å². The van der Waals surface area contributed by atoms with Crippen LogP contribution in [0.5, 0.6) is 0 Å². The summed E-state index contributed by atoms with van der Waals surface area (Å²) in [6.45, 7) is 2.09. The molecule has 1 aromatic carbocycles. The summed E-state index contributed by atoms with van der Waals surface area (Å²) >= 11 is 3.45. The standard InChI is InChI=1S/C17H18BrN5O/c1-2-14-13(10-20-23(14)12-6-4-11(18)5-7-12)15-21-16(22-24-15)17(19)8-3-9-17/h4-7,10H,2-3,8-9,19H2,1H3. The van der Waals surface area contributed by atoms with Crippen molar-refractivity contribution in [2.24, 2.45) is 5.73 Å². The average molecular weight is 388 g/mol. The van der Waals surface area contributed by atoms with E-state index in [0.29, 0.717) is 11.7 Å². The molecule has 2 heterocycles. The predicted octanol–water partition coefficient (Wildman–Crippen LogP) is 3.59. The normalized spacial score (nSPS) is 16.1. The lowest BCUT2D eigenvalue weighted by atomic mass is 9.77. The second kappa shape index (κ2) is 5.82. The number of aromatic nitrogens is 4. The number of hydrogen-bond donors (Lipinski definition) is 1. The van der Waals surface area contributed by atoms with E-state index < -0.39 is 5.54 Å². The van der Waals surface area contributed by atoms with Crippen molar-refractivity contribution in [1.29, 1.82) is 0 Å². The number of benzene rings is 1. The van der Waals surface area contributed by atoms with E-state index in [9.17, 15) is 0 Å². The first-order chi connectivity index (χ1) is 11.6. The van der Waals surface area contributed by atoms with E-state index in [1.165, 1.54) is 0 Å². The Morgan fingerprint density at radius 2 is 2.04 bits per heavy atom. The minimum absolute atomic E-state index is 0.421. The Bertz CT molecular complexity index is 863. The summed E-state index contributed by atoms with van der Waals surface area (Å²) < 4.78 is 8.43. The molecular weight excluding hydrogens is 370 g/mol. The molecule has 1 aliphatic carbocycles. The largest absolute Gasteiger partial charge is 0.334 e. The molecule has 0 amide bonds. The van der Waals surface area contributed by atoms with Crippen molar-refractivity contribution >= 4 is 15.9 Å². The van der Waals surface area contributed by atoms with Gasteiger partial charge in [-0.05, 0) is 49.9 Å². The van der Waals surface area contributed by atoms with Gasteiger partial charge in [-0.1, -0.05) is 28.0 Å². The van der Waals surface area contributed by atoms with Gasteiger partial charge in [-0.3, -0.25) is 0 Å². The van der Waals surface area contributed by atoms with Gasteiger partial charge in [0.15, 0.2) is 5.82 Å². The molecule has 0 bridgehead atoms. The second-order valence-electron chi connectivity index (χ2n) is 6.18. The van der Waals surface area contributed by atoms with Gasteiger partial charge in [0, 0.05) is 4.47 Å². The number of rotatable bonds is 4. The first-order valence-corrected chi connectivity index (χ1v) is 8.86. The van der Waals surface area contributed by atoms with Crippen molar-refractivity contribution in [2.45, 2.75) is 38.1 Å². The monoisotopic (exact) mass is 387 g/mol. The Labute approximate surface area is 148 Å². The number of nitrogens with zero attached hydrogens (tertiary/aromatic N) is 4. The molecule has 6 nitrogen and oxygen atoms in total. The molecule has 1 fully saturated rings. The van der Waals surface area contributed by atoms with Gasteiger partial charge in [-0.15, -0.1) is 0 Å². The zero-order valence-corrected chi connectivity index (χ0v) is 15.0. The molecule has 2 N–H and O–H groups in total. The van der Waals surface area contributed by atoms with Gasteiger partial charge >= 0.3 is 0 Å². The fraction of sp³-hybridized carbons (Fsp3) is 0.353. The molecule has 4 rings (SSSR count). The molecule has 124 valence electrons. The molecule has 3 aromatic rings. The van der Waals surface area contributed by atoms with Crippen LogP contribution in [0.15, 0.2) is 39.5 Å². The Balaban J connectivity index is 1.73. The summed E-state index contributed by atoms with van der Waals surface area (Å²) in [5.74, 6) is 1.09. The Kier molecular flexibility index (Phi) is 3.77. The molecule has 0 aliphatic heterocycles. The van der Waals surface area contributed by atoms with Gasteiger partial charge in [0.05, 0.1) is 28.7 Å². The Morgan fingerprint density at radius 1 is 1.29 bits per heavy atom. The quantitative estimate of drug-likeness (QED) is 0.739. The first-order valence-electron chi connectivity index (χ1n) is 8.07. The molecule has 24 heavy (non-hydrogen) atoms. The van der Waals surface area contributed by atoms with Gasteiger partial charge < -0.3 is 10.3 Å². The number of halogens is 1. The van der Waals surface area contributed by atoms with Crippen LogP contribution in [0.3, 0.4) is 0 Å². The molecule has 0 radical (unpaired) electrons. The fourth-order valence-corrected chi connectivity index (χ4v) is 3.28. The lowest BCUT2D eigenvalue weighted by Gasteiger charge is -2.34. The highest BCUT2D eigenvalue weighted by Gasteiger charge is 2.39. The maximum Gasteiger partial charge on any atom is 0.261 e. The van der Waals surface area contributed by atoms with Crippen LogP contribution in [-0.2, 0) is 12.0 Å². The minimum atomic E-state index is -0.421. The maximum atomic E-state index is 6.29. The highest BCUT2D eigenvalue weighted by molar-refractivity contribution is 9.10. The minimum Gasteiger partial charge on any atom is -0.334 e. The number of nitrogens with two attached hydrogens (primary N) is 1. The van der Waals surface area contributed by atoms with Gasteiger partial charge in [0.25, 0.3) is 5.89 Å². The van der Waals surface area contributed by atoms with Gasteiger partial charge in [0.2, 0.25) is 0 Å². The van der Waals surface area contributed by atoms with E-state index in [4.69, 9.17) is 10.3 Å². The Morgan fingerprint density at radius 3 is 2.67 bits per heavy atom. The SMILES string of the molecule is CCc1c(-c2nc(C3(N)CCC3)no2)cnn1-c1ccc(Br)cc1. The van der Waals surface area contributed by atoms with Crippen LogP contribution >= 0.6 is 15.9 Å². The molecule has 1 saturated carbocycles. The van der Waals surface area contributed by atoms with E-state index >= 15 is 0 Å². The zero-order valence-electron chi connectivity index (χ0n) is 13.4. The average Bonchev–Trinajstić information content (AvgIpc) is 3.19. The molecule has 0 spiro atoms. The van der Waals surface area contributed by atoms with Crippen LogP contribution in [0.2, 0.25) is 0 Å². The van der Waals surface area contributed by atoms with Gasteiger partial charge in [-0.25, -0.2) is 4.68 Å². The third-order valence-electron chi connectivity index (χ3n) is 4.62. The van der Waals surface area contributed by atoms with Crippen LogP contribution < -0.4 is 5.73 Å². The summed E-state index contributed by atoms with van der Waals surface area (Å²) in [4.78, 5) is 4.54. The van der Waals surface area contributed by atoms with Crippen molar-refractivity contribution in [1.82, 2.24) is 19.9 Å². The molecule has 7 heteroatoms. The van der Waals surface area contributed by atoms with Crippen LogP contribution in [0.1, 0.15) is 37.7 Å². The molecule has 1 aliphatic rings. The molecule has 2 aromatic heterocycles. The van der Waals surface area contributed by atoms with Crippen LogP contribution in [0.4, 0.5) is 0 Å². The second-order valence-corrected chi connectivity index (χ2v) is 7.10. The van der Waals surface area contributed by atoms with E-state index in [0.717, 1.165) is 47.1 Å². The van der Waals surface area contributed by atoms with Crippen LogP contribution in [-0.4, -0.2) is 19.9 Å². The zero-order chi connectivity index (χ0) is 16.7. The van der Waals surface area contributed by atoms with Crippen LogP contribution in [0.25, 0.3) is 17.1 Å². The third kappa shape index (κ3) is 2.48. The molecule has 0 saturated heterocycles. The van der Waals surface area contributed by atoms with Crippen molar-refractivity contribution < 1.29 is 4.52 Å². The van der Waals surface area contributed by atoms with E-state index in [1.807, 2.05) is 28.9 Å². The lowest BCUT2D eigenvalue weighted by Crippen LogP contribution is -2.44. The predicted molar refractivity (Wildman–Crippen MR) is 93.7 cm³/mol. The Hall–Kier alpha value is -1.99. The summed E-state index contributed by atoms with van der Waals surface area (Å²) in [5.41, 5.74) is 8.76. The summed E-state index contributed by atoms with van der Waals surface area (Å²) in [6, 6.07) is 8.02. The van der Waals surface area contributed by atoms with Crippen molar-refractivity contribution in [3.8, 4) is 17.1 Å². The van der Waals surface area contributed by atoms with E-state index in [2.05, 4.69) is 38.1 Å². The maximum absolute atomic E-state index is 6.29. The highest BCUT2D eigenvalue weighted by Crippen LogP contribution is 2.38.